The highest BCUT2D eigenvalue weighted by molar-refractivity contribution is 7.19. The van der Waals surface area contributed by atoms with Gasteiger partial charge < -0.3 is 4.74 Å². The van der Waals surface area contributed by atoms with Gasteiger partial charge in [-0.05, 0) is 25.8 Å². The van der Waals surface area contributed by atoms with Gasteiger partial charge in [0.25, 0.3) is 0 Å². The van der Waals surface area contributed by atoms with Crippen LogP contribution in [0.3, 0.4) is 0 Å². The molecule has 1 unspecified atom stereocenters. The van der Waals surface area contributed by atoms with Crippen LogP contribution in [0.1, 0.15) is 32.6 Å². The van der Waals surface area contributed by atoms with Crippen LogP contribution in [0.4, 0.5) is 0 Å². The van der Waals surface area contributed by atoms with Gasteiger partial charge in [0, 0.05) is 6.08 Å². The Kier molecular flexibility index (Phi) is 7.76. The maximum atomic E-state index is 10.9. The van der Waals surface area contributed by atoms with Gasteiger partial charge in [-0.15, -0.1) is 0 Å². The van der Waals surface area contributed by atoms with Crippen molar-refractivity contribution in [2.45, 2.75) is 57.8 Å². The molecule has 0 spiro atoms. The fourth-order valence-corrected chi connectivity index (χ4v) is 2.95. The van der Waals surface area contributed by atoms with Crippen LogP contribution >= 0.6 is 11.1 Å². The molecular weight excluding hydrogens is 240 g/mol. The maximum absolute atomic E-state index is 10.9. The van der Waals surface area contributed by atoms with E-state index in [1.807, 2.05) is 6.92 Å². The lowest BCUT2D eigenvalue weighted by atomic mass is 10.1. The van der Waals surface area contributed by atoms with E-state index in [2.05, 4.69) is 19.7 Å². The van der Waals surface area contributed by atoms with Crippen molar-refractivity contribution < 1.29 is 9.53 Å². The van der Waals surface area contributed by atoms with Crippen LogP contribution in [0, 0.1) is 0 Å². The largest absolute Gasteiger partial charge is 0.460 e. The van der Waals surface area contributed by atoms with E-state index in [-0.39, 0.29) is 12.1 Å². The summed E-state index contributed by atoms with van der Waals surface area (Å²) in [4.78, 5) is 10.9. The lowest BCUT2D eigenvalue weighted by Gasteiger charge is -2.13. The average molecular weight is 263 g/mol. The monoisotopic (exact) mass is 262 g/mol. The third kappa shape index (κ3) is 10.2. The topological polar surface area (TPSA) is 26.3 Å². The van der Waals surface area contributed by atoms with Crippen molar-refractivity contribution in [2.75, 3.05) is 0 Å². The lowest BCUT2D eigenvalue weighted by Crippen LogP contribution is -2.15. The van der Waals surface area contributed by atoms with Gasteiger partial charge in [-0.1, -0.05) is 32.5 Å². The minimum atomic E-state index is -1.39. The number of halogens is 1. The Labute approximate surface area is 105 Å². The highest BCUT2D eigenvalue weighted by Gasteiger charge is 2.15. The van der Waals surface area contributed by atoms with Crippen molar-refractivity contribution in [3.63, 3.8) is 0 Å². The zero-order valence-electron chi connectivity index (χ0n) is 10.6. The van der Waals surface area contributed by atoms with E-state index in [4.69, 9.17) is 15.8 Å². The molecule has 0 aliphatic rings. The van der Waals surface area contributed by atoms with E-state index in [1.165, 1.54) is 18.9 Å². The third-order valence-corrected chi connectivity index (χ3v) is 4.48. The molecule has 0 aromatic carbocycles. The summed E-state index contributed by atoms with van der Waals surface area (Å²) in [5.41, 5.74) is 0. The molecule has 4 heteroatoms. The molecule has 0 heterocycles. The van der Waals surface area contributed by atoms with Crippen LogP contribution < -0.4 is 0 Å². The fraction of sp³-hybridized carbons (Fsp3) is 0.750. The summed E-state index contributed by atoms with van der Waals surface area (Å²) in [6.45, 7) is 9.62. The molecule has 0 N–H and O–H groups in total. The van der Waals surface area contributed by atoms with Gasteiger partial charge in [0.05, 0.1) is 6.10 Å². The number of hydrogen-bond acceptors (Lipinski definition) is 2. The van der Waals surface area contributed by atoms with Crippen LogP contribution in [0.25, 0.3) is 0 Å². The summed E-state index contributed by atoms with van der Waals surface area (Å²) < 4.78 is 5.07. The van der Waals surface area contributed by atoms with E-state index < -0.39 is 7.38 Å². The predicted octanol–water partition coefficient (Wildman–Crippen LogP) is 4.11. The molecular formula is C12H23ClO2Si. The Morgan fingerprint density at radius 2 is 2.06 bits per heavy atom. The minimum absolute atomic E-state index is 0.00763. The molecule has 0 amide bonds. The number of carbonyl (C=O) groups is 1. The second kappa shape index (κ2) is 7.90. The lowest BCUT2D eigenvalue weighted by molar-refractivity contribution is -0.142. The normalized spacial score (nSPS) is 13.2. The smallest absolute Gasteiger partial charge is 0.330 e. The first-order valence-corrected chi connectivity index (χ1v) is 10.1. The number of esters is 1. The Morgan fingerprint density at radius 1 is 1.44 bits per heavy atom. The van der Waals surface area contributed by atoms with Gasteiger partial charge in [-0.2, -0.15) is 11.1 Å². The molecule has 0 bridgehead atoms. The number of rotatable bonds is 8. The van der Waals surface area contributed by atoms with Crippen LogP contribution in [0.5, 0.6) is 0 Å². The fourth-order valence-electron chi connectivity index (χ4n) is 1.46. The highest BCUT2D eigenvalue weighted by Crippen LogP contribution is 2.19. The molecule has 94 valence electrons. The zero-order valence-corrected chi connectivity index (χ0v) is 12.3. The molecule has 2 nitrogen and oxygen atoms in total. The molecule has 0 radical (unpaired) electrons. The summed E-state index contributed by atoms with van der Waals surface area (Å²) in [5, 5.41) is 0. The van der Waals surface area contributed by atoms with Crippen LogP contribution in [-0.2, 0) is 9.53 Å². The first-order chi connectivity index (χ1) is 7.35. The van der Waals surface area contributed by atoms with E-state index in [0.29, 0.717) is 0 Å². The molecule has 1 atom stereocenters. The molecule has 0 fully saturated rings. The maximum Gasteiger partial charge on any atom is 0.330 e. The second-order valence-corrected chi connectivity index (χ2v) is 11.8. The zero-order chi connectivity index (χ0) is 12.6. The molecule has 0 saturated carbocycles. The third-order valence-electron chi connectivity index (χ3n) is 2.37. The summed E-state index contributed by atoms with van der Waals surface area (Å²) >= 11 is 6.22. The number of hydrogen-bond donors (Lipinski definition) is 0. The molecule has 0 saturated heterocycles. The van der Waals surface area contributed by atoms with Gasteiger partial charge in [0.2, 0.25) is 0 Å². The number of unbranched alkanes of at least 4 members (excludes halogenated alkanes) is 2. The SMILES string of the molecule is C=CC(=O)OC(C)CCCCC[Si](C)(C)Cl. The van der Waals surface area contributed by atoms with Gasteiger partial charge in [0.15, 0.2) is 0 Å². The standard InChI is InChI=1S/C12H23ClO2Si/c1-5-12(14)15-11(2)9-7-6-8-10-16(3,4)13/h5,11H,1,6-10H2,2-4H3. The summed E-state index contributed by atoms with van der Waals surface area (Å²) in [5.74, 6) is -0.332. The second-order valence-electron chi connectivity index (χ2n) is 4.77. The van der Waals surface area contributed by atoms with Gasteiger partial charge >= 0.3 is 5.97 Å². The van der Waals surface area contributed by atoms with Gasteiger partial charge in [-0.25, -0.2) is 4.79 Å². The van der Waals surface area contributed by atoms with Crippen LogP contribution in [0.15, 0.2) is 12.7 Å². The Hall–Kier alpha value is -0.283. The van der Waals surface area contributed by atoms with E-state index in [0.717, 1.165) is 18.9 Å². The highest BCUT2D eigenvalue weighted by atomic mass is 35.6. The Morgan fingerprint density at radius 3 is 2.56 bits per heavy atom. The summed E-state index contributed by atoms with van der Waals surface area (Å²) in [6, 6.07) is 1.16. The first-order valence-electron chi connectivity index (χ1n) is 5.87. The van der Waals surface area contributed by atoms with Crippen molar-refractivity contribution >= 4 is 24.4 Å². The predicted molar refractivity (Wildman–Crippen MR) is 72.4 cm³/mol. The molecule has 0 rings (SSSR count). The average Bonchev–Trinajstić information content (AvgIpc) is 2.15. The van der Waals surface area contributed by atoms with Crippen molar-refractivity contribution in [1.29, 1.82) is 0 Å². The van der Waals surface area contributed by atoms with Gasteiger partial charge in [0.1, 0.15) is 7.38 Å². The summed E-state index contributed by atoms with van der Waals surface area (Å²) in [7, 11) is -1.39. The first kappa shape index (κ1) is 15.7. The van der Waals surface area contributed by atoms with E-state index in [9.17, 15) is 4.79 Å². The number of carbonyl (C=O) groups excluding carboxylic acids is 1. The Balaban J connectivity index is 3.45. The van der Waals surface area contributed by atoms with Crippen LogP contribution in [0.2, 0.25) is 19.1 Å². The molecule has 16 heavy (non-hydrogen) atoms. The Bertz CT molecular complexity index is 224. The van der Waals surface area contributed by atoms with Crippen molar-refractivity contribution in [3.05, 3.63) is 12.7 Å². The number of ether oxygens (including phenoxy) is 1. The van der Waals surface area contributed by atoms with Crippen molar-refractivity contribution in [2.24, 2.45) is 0 Å². The molecule has 0 aromatic heterocycles. The van der Waals surface area contributed by atoms with Crippen molar-refractivity contribution in [1.82, 2.24) is 0 Å². The molecule has 0 aliphatic carbocycles. The van der Waals surface area contributed by atoms with Crippen LogP contribution in [-0.4, -0.2) is 19.5 Å². The molecule has 0 aliphatic heterocycles. The molecule has 0 aromatic rings. The minimum Gasteiger partial charge on any atom is -0.460 e. The van der Waals surface area contributed by atoms with E-state index in [1.54, 1.807) is 0 Å². The quantitative estimate of drug-likeness (QED) is 0.216. The summed E-state index contributed by atoms with van der Waals surface area (Å²) in [6.07, 6.45) is 5.56. The van der Waals surface area contributed by atoms with Gasteiger partial charge in [-0.3, -0.25) is 0 Å². The van der Waals surface area contributed by atoms with Crippen molar-refractivity contribution in [3.8, 4) is 0 Å². The van der Waals surface area contributed by atoms with E-state index >= 15 is 0 Å².